The summed E-state index contributed by atoms with van der Waals surface area (Å²) in [5.74, 6) is -2.53. The van der Waals surface area contributed by atoms with Crippen LogP contribution in [0.15, 0.2) is 53.3 Å². The first-order valence-electron chi connectivity index (χ1n) is 9.49. The average Bonchev–Trinajstić information content (AvgIpc) is 3.14. The van der Waals surface area contributed by atoms with Gasteiger partial charge < -0.3 is 5.32 Å². The second kappa shape index (κ2) is 7.61. The van der Waals surface area contributed by atoms with E-state index in [1.54, 1.807) is 49.0 Å². The van der Waals surface area contributed by atoms with Gasteiger partial charge in [0.05, 0.1) is 21.9 Å². The molecule has 2 heterocycles. The number of aromatic nitrogens is 2. The summed E-state index contributed by atoms with van der Waals surface area (Å²) in [4.78, 5) is 61.9. The van der Waals surface area contributed by atoms with Crippen LogP contribution in [0.25, 0.3) is 5.69 Å². The monoisotopic (exact) mass is 435 g/mol. The first kappa shape index (κ1) is 20.7. The van der Waals surface area contributed by atoms with Crippen LogP contribution in [0.4, 0.5) is 11.4 Å². The van der Waals surface area contributed by atoms with Crippen LogP contribution in [-0.2, 0) is 11.8 Å². The molecule has 32 heavy (non-hydrogen) atoms. The van der Waals surface area contributed by atoms with Gasteiger partial charge in [0, 0.05) is 13.1 Å². The van der Waals surface area contributed by atoms with Gasteiger partial charge in [-0.2, -0.15) is 0 Å². The Balaban J connectivity index is 1.60. The number of anilines is 1. The number of hydrogen-bond donors (Lipinski definition) is 1. The summed E-state index contributed by atoms with van der Waals surface area (Å²) >= 11 is 0. The summed E-state index contributed by atoms with van der Waals surface area (Å²) in [6.45, 7) is 0.949. The third-order valence-corrected chi connectivity index (χ3v) is 5.29. The van der Waals surface area contributed by atoms with Crippen molar-refractivity contribution in [1.29, 1.82) is 0 Å². The number of benzene rings is 2. The molecule has 1 aliphatic rings. The number of para-hydroxylation sites is 1. The first-order valence-corrected chi connectivity index (χ1v) is 9.49. The van der Waals surface area contributed by atoms with E-state index >= 15 is 0 Å². The Morgan fingerprint density at radius 3 is 2.38 bits per heavy atom. The summed E-state index contributed by atoms with van der Waals surface area (Å²) < 4.78 is 2.94. The second-order valence-electron chi connectivity index (χ2n) is 7.14. The highest BCUT2D eigenvalue weighted by atomic mass is 16.6. The number of nitrogens with one attached hydrogen (secondary N) is 1. The number of carbonyl (C=O) groups is 3. The van der Waals surface area contributed by atoms with E-state index in [1.807, 2.05) is 0 Å². The third kappa shape index (κ3) is 3.16. The largest absolute Gasteiger partial charge is 0.318 e. The highest BCUT2D eigenvalue weighted by Gasteiger charge is 2.41. The van der Waals surface area contributed by atoms with Crippen molar-refractivity contribution in [2.24, 2.45) is 7.05 Å². The fourth-order valence-corrected chi connectivity index (χ4v) is 3.65. The minimum absolute atomic E-state index is 0.00365. The minimum atomic E-state index is -0.932. The van der Waals surface area contributed by atoms with E-state index in [2.05, 4.69) is 5.32 Å². The molecule has 0 unspecified atom stereocenters. The fraction of sp³-hybridized carbons (Fsp3) is 0.143. The van der Waals surface area contributed by atoms with Gasteiger partial charge in [-0.1, -0.05) is 24.3 Å². The van der Waals surface area contributed by atoms with Gasteiger partial charge in [-0.15, -0.1) is 0 Å². The summed E-state index contributed by atoms with van der Waals surface area (Å²) in [6.07, 6.45) is 0. The van der Waals surface area contributed by atoms with Gasteiger partial charge in [-0.3, -0.25) is 38.9 Å². The zero-order valence-corrected chi connectivity index (χ0v) is 17.1. The highest BCUT2D eigenvalue weighted by molar-refractivity contribution is 6.24. The van der Waals surface area contributed by atoms with Crippen LogP contribution in [-0.4, -0.2) is 43.5 Å². The molecule has 11 heteroatoms. The standard InChI is InChI=1S/C21H17N5O6/c1-12-18(21(30)25(23(12)2)13-7-4-3-5-8-13)22-16(27)11-24-19(28)14-9-6-10-15(26(31)32)17(14)20(24)29/h3-10H,11H2,1-2H3,(H,22,27). The Hall–Kier alpha value is -4.54. The molecule has 0 saturated heterocycles. The van der Waals surface area contributed by atoms with Crippen LogP contribution < -0.4 is 10.9 Å². The lowest BCUT2D eigenvalue weighted by molar-refractivity contribution is -0.385. The lowest BCUT2D eigenvalue weighted by atomic mass is 10.1. The van der Waals surface area contributed by atoms with Gasteiger partial charge >= 0.3 is 0 Å². The van der Waals surface area contributed by atoms with E-state index in [9.17, 15) is 29.3 Å². The maximum Gasteiger partial charge on any atom is 0.295 e. The fourth-order valence-electron chi connectivity index (χ4n) is 3.65. The molecule has 0 saturated carbocycles. The molecule has 0 spiro atoms. The quantitative estimate of drug-likeness (QED) is 0.367. The number of amides is 3. The van der Waals surface area contributed by atoms with Crippen molar-refractivity contribution in [1.82, 2.24) is 14.3 Å². The van der Waals surface area contributed by atoms with Gasteiger partial charge in [0.1, 0.15) is 17.8 Å². The van der Waals surface area contributed by atoms with Crippen molar-refractivity contribution >= 4 is 29.1 Å². The lowest BCUT2D eigenvalue weighted by Gasteiger charge is -2.13. The highest BCUT2D eigenvalue weighted by Crippen LogP contribution is 2.30. The predicted octanol–water partition coefficient (Wildman–Crippen LogP) is 1.63. The first-order chi connectivity index (χ1) is 15.2. The number of imide groups is 1. The van der Waals surface area contributed by atoms with E-state index in [-0.39, 0.29) is 16.8 Å². The van der Waals surface area contributed by atoms with Crippen LogP contribution in [0.5, 0.6) is 0 Å². The molecule has 11 nitrogen and oxygen atoms in total. The van der Waals surface area contributed by atoms with Crippen LogP contribution in [0.3, 0.4) is 0 Å². The molecule has 0 aliphatic carbocycles. The Kier molecular flexibility index (Phi) is 4.93. The van der Waals surface area contributed by atoms with E-state index in [4.69, 9.17) is 0 Å². The van der Waals surface area contributed by atoms with Crippen LogP contribution in [0.1, 0.15) is 26.4 Å². The van der Waals surface area contributed by atoms with Gasteiger partial charge in [0.15, 0.2) is 0 Å². The van der Waals surface area contributed by atoms with Crippen molar-refractivity contribution in [3.8, 4) is 5.69 Å². The van der Waals surface area contributed by atoms with E-state index in [0.29, 0.717) is 16.3 Å². The minimum Gasteiger partial charge on any atom is -0.318 e. The Bertz CT molecular complexity index is 1350. The van der Waals surface area contributed by atoms with Crippen molar-refractivity contribution in [3.63, 3.8) is 0 Å². The zero-order valence-electron chi connectivity index (χ0n) is 17.1. The maximum absolute atomic E-state index is 12.9. The molecule has 2 aromatic carbocycles. The van der Waals surface area contributed by atoms with Crippen molar-refractivity contribution in [3.05, 3.63) is 85.8 Å². The SMILES string of the molecule is Cc1c(NC(=O)CN2C(=O)c3cccc([N+](=O)[O-])c3C2=O)c(=O)n(-c2ccccc2)n1C. The molecule has 3 amide bonds. The molecular formula is C21H17N5O6. The summed E-state index contributed by atoms with van der Waals surface area (Å²) in [6, 6.07) is 12.5. The molecule has 1 aromatic heterocycles. The van der Waals surface area contributed by atoms with E-state index in [1.165, 1.54) is 16.8 Å². The third-order valence-electron chi connectivity index (χ3n) is 5.29. The average molecular weight is 435 g/mol. The van der Waals surface area contributed by atoms with Crippen molar-refractivity contribution in [2.75, 3.05) is 11.9 Å². The van der Waals surface area contributed by atoms with Gasteiger partial charge in [-0.05, 0) is 25.1 Å². The molecule has 3 aromatic rings. The zero-order chi connectivity index (χ0) is 23.2. The van der Waals surface area contributed by atoms with Gasteiger partial charge in [0.2, 0.25) is 5.91 Å². The smallest absolute Gasteiger partial charge is 0.295 e. The summed E-state index contributed by atoms with van der Waals surface area (Å²) in [5.41, 5.74) is -0.418. The molecule has 0 bridgehead atoms. The number of nitro groups is 1. The molecule has 0 atom stereocenters. The predicted molar refractivity (Wildman–Crippen MR) is 113 cm³/mol. The summed E-state index contributed by atoms with van der Waals surface area (Å²) in [7, 11) is 1.66. The molecule has 0 radical (unpaired) electrons. The van der Waals surface area contributed by atoms with E-state index in [0.717, 1.165) is 6.07 Å². The van der Waals surface area contributed by atoms with Crippen LogP contribution in [0.2, 0.25) is 0 Å². The number of fused-ring (bicyclic) bond motifs is 1. The molecule has 1 aliphatic heterocycles. The number of carbonyl (C=O) groups excluding carboxylic acids is 3. The molecule has 162 valence electrons. The van der Waals surface area contributed by atoms with Crippen molar-refractivity contribution in [2.45, 2.75) is 6.92 Å². The van der Waals surface area contributed by atoms with E-state index < -0.39 is 40.4 Å². The van der Waals surface area contributed by atoms with Gasteiger partial charge in [0.25, 0.3) is 23.1 Å². The molecular weight excluding hydrogens is 418 g/mol. The maximum atomic E-state index is 12.9. The van der Waals surface area contributed by atoms with Crippen LogP contribution >= 0.6 is 0 Å². The topological polar surface area (TPSA) is 137 Å². The normalized spacial score (nSPS) is 12.8. The number of hydrogen-bond acceptors (Lipinski definition) is 6. The lowest BCUT2D eigenvalue weighted by Crippen LogP contribution is -2.38. The molecule has 0 fully saturated rings. The summed E-state index contributed by atoms with van der Waals surface area (Å²) in [5, 5.41) is 13.7. The van der Waals surface area contributed by atoms with Gasteiger partial charge in [-0.25, -0.2) is 4.68 Å². The number of nitro benzene ring substituents is 1. The Labute approximate surface area is 180 Å². The Morgan fingerprint density at radius 1 is 1.03 bits per heavy atom. The molecule has 1 N–H and O–H groups in total. The Morgan fingerprint density at radius 2 is 1.72 bits per heavy atom. The number of nitrogens with zero attached hydrogens (tertiary/aromatic N) is 4. The second-order valence-corrected chi connectivity index (χ2v) is 7.14. The van der Waals surface area contributed by atoms with Crippen LogP contribution in [0, 0.1) is 17.0 Å². The van der Waals surface area contributed by atoms with Crippen molar-refractivity contribution < 1.29 is 19.3 Å². The number of rotatable bonds is 5. The molecule has 4 rings (SSSR count).